The Morgan fingerprint density at radius 1 is 0.842 bits per heavy atom. The number of H-pyrrole nitrogens is 1. The molecule has 4 N–H and O–H groups in total. The molecule has 0 radical (unpaired) electrons. The second kappa shape index (κ2) is 11.2. The Labute approximate surface area is 229 Å². The number of pyridine rings is 1. The van der Waals surface area contributed by atoms with Crippen molar-refractivity contribution in [3.63, 3.8) is 0 Å². The number of phenolic OH excluding ortho intramolecular Hbond substituents is 1. The summed E-state index contributed by atoms with van der Waals surface area (Å²) in [5.41, 5.74) is 4.01. The maximum absolute atomic E-state index is 12.5. The topological polar surface area (TPSA) is 120 Å². The molecule has 38 heavy (non-hydrogen) atoms. The van der Waals surface area contributed by atoms with Crippen LogP contribution in [0.25, 0.3) is 33.9 Å². The van der Waals surface area contributed by atoms with Gasteiger partial charge in [0.1, 0.15) is 17.4 Å². The van der Waals surface area contributed by atoms with E-state index in [0.29, 0.717) is 23.9 Å². The van der Waals surface area contributed by atoms with Crippen LogP contribution in [0.4, 0.5) is 5.82 Å². The fraction of sp³-hybridized carbons (Fsp3) is 0.0714. The first-order chi connectivity index (χ1) is 18.4. The van der Waals surface area contributed by atoms with Crippen molar-refractivity contribution < 1.29 is 13.5 Å². The SMILES string of the molecule is O=S(=O)(NCCNc1cc(-c2[nH]c(-c3ccccc3)nc2-c2cccc(O)c2)ccn1)c1ccc(Br)cc1. The molecule has 8 nitrogen and oxygen atoms in total. The van der Waals surface area contributed by atoms with Crippen LogP contribution in [-0.2, 0) is 10.0 Å². The van der Waals surface area contributed by atoms with Crippen LogP contribution in [0.3, 0.4) is 0 Å². The van der Waals surface area contributed by atoms with E-state index in [2.05, 4.69) is 35.9 Å². The van der Waals surface area contributed by atoms with Crippen molar-refractivity contribution in [1.29, 1.82) is 0 Å². The number of halogens is 1. The molecule has 0 saturated carbocycles. The van der Waals surface area contributed by atoms with Crippen molar-refractivity contribution in [3.05, 3.63) is 102 Å². The molecule has 192 valence electrons. The summed E-state index contributed by atoms with van der Waals surface area (Å²) < 4.78 is 28.4. The maximum Gasteiger partial charge on any atom is 0.240 e. The fourth-order valence-corrected chi connectivity index (χ4v) is 5.23. The van der Waals surface area contributed by atoms with Crippen molar-refractivity contribution in [2.24, 2.45) is 0 Å². The summed E-state index contributed by atoms with van der Waals surface area (Å²) >= 11 is 3.31. The molecule has 5 aromatic rings. The highest BCUT2D eigenvalue weighted by Gasteiger charge is 2.17. The highest BCUT2D eigenvalue weighted by atomic mass is 79.9. The van der Waals surface area contributed by atoms with Crippen molar-refractivity contribution >= 4 is 31.8 Å². The number of phenols is 1. The number of nitrogens with one attached hydrogen (secondary N) is 3. The molecule has 2 heterocycles. The fourth-order valence-electron chi connectivity index (χ4n) is 3.93. The average molecular weight is 591 g/mol. The number of hydrogen-bond acceptors (Lipinski definition) is 6. The quantitative estimate of drug-likeness (QED) is 0.165. The predicted octanol–water partition coefficient (Wildman–Crippen LogP) is 5.66. The number of benzene rings is 3. The summed E-state index contributed by atoms with van der Waals surface area (Å²) in [7, 11) is -3.61. The number of hydrogen-bond donors (Lipinski definition) is 4. The lowest BCUT2D eigenvalue weighted by atomic mass is 10.1. The van der Waals surface area contributed by atoms with Crippen molar-refractivity contribution in [2.45, 2.75) is 4.90 Å². The number of imidazole rings is 1. The molecular formula is C28H24BrN5O3S. The highest BCUT2D eigenvalue weighted by molar-refractivity contribution is 9.10. The predicted molar refractivity (Wildman–Crippen MR) is 152 cm³/mol. The van der Waals surface area contributed by atoms with Gasteiger partial charge in [-0.15, -0.1) is 0 Å². The first kappa shape index (κ1) is 25.7. The molecule has 5 rings (SSSR count). The first-order valence-corrected chi connectivity index (χ1v) is 14.1. The third-order valence-corrected chi connectivity index (χ3v) is 7.77. The third-order valence-electron chi connectivity index (χ3n) is 5.77. The van der Waals surface area contributed by atoms with Crippen LogP contribution in [0, 0.1) is 0 Å². The Balaban J connectivity index is 1.36. The van der Waals surface area contributed by atoms with Gasteiger partial charge in [0, 0.05) is 40.4 Å². The zero-order valence-electron chi connectivity index (χ0n) is 20.1. The number of nitrogens with zero attached hydrogens (tertiary/aromatic N) is 2. The number of aromatic hydroxyl groups is 1. The summed E-state index contributed by atoms with van der Waals surface area (Å²) in [5, 5.41) is 13.2. The Hall–Kier alpha value is -3.99. The molecule has 0 aliphatic carbocycles. The minimum atomic E-state index is -3.61. The van der Waals surface area contributed by atoms with E-state index in [-0.39, 0.29) is 17.2 Å². The van der Waals surface area contributed by atoms with Crippen LogP contribution in [0.15, 0.2) is 107 Å². The van der Waals surface area contributed by atoms with E-state index < -0.39 is 10.0 Å². The number of rotatable bonds is 9. The minimum Gasteiger partial charge on any atom is -0.508 e. The van der Waals surface area contributed by atoms with Gasteiger partial charge >= 0.3 is 0 Å². The monoisotopic (exact) mass is 589 g/mol. The van der Waals surface area contributed by atoms with Crippen molar-refractivity contribution in [1.82, 2.24) is 19.7 Å². The molecule has 0 fully saturated rings. The second-order valence-corrected chi connectivity index (χ2v) is 11.1. The lowest BCUT2D eigenvalue weighted by Crippen LogP contribution is -2.29. The van der Waals surface area contributed by atoms with E-state index >= 15 is 0 Å². The van der Waals surface area contributed by atoms with E-state index in [1.165, 1.54) is 0 Å². The summed E-state index contributed by atoms with van der Waals surface area (Å²) in [5.74, 6) is 1.44. The smallest absolute Gasteiger partial charge is 0.240 e. The lowest BCUT2D eigenvalue weighted by molar-refractivity contribution is 0.475. The molecule has 10 heteroatoms. The molecule has 0 amide bonds. The standard InChI is InChI=1S/C28H24BrN5O3S/c29-22-9-11-24(12-10-22)38(36,37)32-16-15-31-25-18-21(13-14-30-25)27-26(20-7-4-8-23(35)17-20)33-28(34-27)19-5-2-1-3-6-19/h1-14,17-18,32,35H,15-16H2,(H,30,31)(H,33,34). The van der Waals surface area contributed by atoms with E-state index in [4.69, 9.17) is 4.98 Å². The minimum absolute atomic E-state index is 0.153. The molecule has 0 unspecified atom stereocenters. The van der Waals surface area contributed by atoms with Crippen molar-refractivity contribution in [2.75, 3.05) is 18.4 Å². The van der Waals surface area contributed by atoms with E-state index in [9.17, 15) is 13.5 Å². The zero-order valence-corrected chi connectivity index (χ0v) is 22.5. The van der Waals surface area contributed by atoms with Crippen LogP contribution in [0.2, 0.25) is 0 Å². The molecule has 0 saturated heterocycles. The van der Waals surface area contributed by atoms with Gasteiger partial charge in [-0.1, -0.05) is 58.4 Å². The van der Waals surface area contributed by atoms with Crippen molar-refractivity contribution in [3.8, 4) is 39.7 Å². The summed E-state index contributed by atoms with van der Waals surface area (Å²) in [6, 6.07) is 27.0. The molecule has 3 aromatic carbocycles. The second-order valence-electron chi connectivity index (χ2n) is 8.43. The molecular weight excluding hydrogens is 566 g/mol. The number of sulfonamides is 1. The normalized spacial score (nSPS) is 11.4. The molecule has 2 aromatic heterocycles. The van der Waals surface area contributed by atoms with E-state index in [1.807, 2.05) is 48.5 Å². The summed E-state index contributed by atoms with van der Waals surface area (Å²) in [6.45, 7) is 0.519. The van der Waals surface area contributed by atoms with Crippen LogP contribution >= 0.6 is 15.9 Å². The Morgan fingerprint density at radius 2 is 1.61 bits per heavy atom. The molecule has 0 spiro atoms. The van der Waals surface area contributed by atoms with Crippen LogP contribution < -0.4 is 10.0 Å². The van der Waals surface area contributed by atoms with Gasteiger partial charge in [0.2, 0.25) is 10.0 Å². The highest BCUT2D eigenvalue weighted by Crippen LogP contribution is 2.34. The number of anilines is 1. The van der Waals surface area contributed by atoms with E-state index in [0.717, 1.165) is 26.9 Å². The summed E-state index contributed by atoms with van der Waals surface area (Å²) in [6.07, 6.45) is 1.68. The Kier molecular flexibility index (Phi) is 7.54. The lowest BCUT2D eigenvalue weighted by Gasteiger charge is -2.10. The molecule has 0 aliphatic heterocycles. The molecule has 0 bridgehead atoms. The molecule has 0 aliphatic rings. The van der Waals surface area contributed by atoms with Gasteiger partial charge in [0.25, 0.3) is 0 Å². The van der Waals surface area contributed by atoms with Crippen LogP contribution in [0.1, 0.15) is 0 Å². The van der Waals surface area contributed by atoms with Gasteiger partial charge in [0.05, 0.1) is 16.3 Å². The van der Waals surface area contributed by atoms with Gasteiger partial charge in [-0.2, -0.15) is 0 Å². The average Bonchev–Trinajstić information content (AvgIpc) is 3.38. The number of aromatic nitrogens is 3. The van der Waals surface area contributed by atoms with Gasteiger partial charge < -0.3 is 15.4 Å². The zero-order chi connectivity index (χ0) is 26.5. The molecule has 0 atom stereocenters. The van der Waals surface area contributed by atoms with E-state index in [1.54, 1.807) is 48.7 Å². The Morgan fingerprint density at radius 3 is 2.37 bits per heavy atom. The van der Waals surface area contributed by atoms with Crippen LogP contribution in [-0.4, -0.2) is 41.6 Å². The Bertz CT molecular complexity index is 1660. The van der Waals surface area contributed by atoms with Crippen LogP contribution in [0.5, 0.6) is 5.75 Å². The summed E-state index contributed by atoms with van der Waals surface area (Å²) in [4.78, 5) is 12.9. The number of aromatic amines is 1. The first-order valence-electron chi connectivity index (χ1n) is 11.8. The van der Waals surface area contributed by atoms with Gasteiger partial charge in [-0.3, -0.25) is 0 Å². The van der Waals surface area contributed by atoms with Gasteiger partial charge in [0.15, 0.2) is 0 Å². The third kappa shape index (κ3) is 5.94. The largest absolute Gasteiger partial charge is 0.508 e. The van der Waals surface area contributed by atoms with Gasteiger partial charge in [-0.25, -0.2) is 23.1 Å². The van der Waals surface area contributed by atoms with Gasteiger partial charge in [-0.05, 0) is 48.5 Å². The maximum atomic E-state index is 12.5.